The first-order valence-corrected chi connectivity index (χ1v) is 4.40. The summed E-state index contributed by atoms with van der Waals surface area (Å²) >= 11 is 0. The maximum Gasteiger partial charge on any atom is 0.302 e. The van der Waals surface area contributed by atoms with Gasteiger partial charge in [0.05, 0.1) is 6.10 Å². The van der Waals surface area contributed by atoms with Crippen LogP contribution in [0.1, 0.15) is 34.1 Å². The molecule has 2 atom stereocenters. The molecular weight excluding hydrogens is 156 g/mol. The standard InChI is InChI=1S/C9H18O3/c1-5-9(11-6-2)7(3)12-8(4)10/h7,9H,5-6H2,1-4H3. The largest absolute Gasteiger partial charge is 0.460 e. The number of carbonyl (C=O) groups excluding carboxylic acids is 1. The van der Waals surface area contributed by atoms with Crippen molar-refractivity contribution in [3.63, 3.8) is 0 Å². The van der Waals surface area contributed by atoms with E-state index >= 15 is 0 Å². The van der Waals surface area contributed by atoms with Crippen LogP contribution in [0.25, 0.3) is 0 Å². The van der Waals surface area contributed by atoms with Crippen molar-refractivity contribution in [1.29, 1.82) is 0 Å². The monoisotopic (exact) mass is 174 g/mol. The molecule has 12 heavy (non-hydrogen) atoms. The van der Waals surface area contributed by atoms with Crippen molar-refractivity contribution >= 4 is 5.97 Å². The van der Waals surface area contributed by atoms with Crippen molar-refractivity contribution < 1.29 is 14.3 Å². The minimum Gasteiger partial charge on any atom is -0.460 e. The summed E-state index contributed by atoms with van der Waals surface area (Å²) in [6.07, 6.45) is 0.744. The van der Waals surface area contributed by atoms with Crippen LogP contribution in [0.4, 0.5) is 0 Å². The molecule has 0 bridgehead atoms. The van der Waals surface area contributed by atoms with E-state index in [1.54, 1.807) is 0 Å². The first-order valence-electron chi connectivity index (χ1n) is 4.40. The Morgan fingerprint density at radius 3 is 2.33 bits per heavy atom. The van der Waals surface area contributed by atoms with Gasteiger partial charge in [0.2, 0.25) is 0 Å². The molecule has 0 amide bonds. The highest BCUT2D eigenvalue weighted by Gasteiger charge is 2.17. The van der Waals surface area contributed by atoms with Gasteiger partial charge < -0.3 is 9.47 Å². The van der Waals surface area contributed by atoms with E-state index in [0.717, 1.165) is 6.42 Å². The van der Waals surface area contributed by atoms with Gasteiger partial charge in [-0.3, -0.25) is 4.79 Å². The topological polar surface area (TPSA) is 35.5 Å². The lowest BCUT2D eigenvalue weighted by atomic mass is 10.2. The molecular formula is C9H18O3. The molecule has 2 unspecified atom stereocenters. The minimum absolute atomic E-state index is 0.0268. The smallest absolute Gasteiger partial charge is 0.302 e. The van der Waals surface area contributed by atoms with Crippen molar-refractivity contribution in [2.45, 2.75) is 46.3 Å². The Morgan fingerprint density at radius 2 is 2.00 bits per heavy atom. The highest BCUT2D eigenvalue weighted by Crippen LogP contribution is 2.07. The van der Waals surface area contributed by atoms with Crippen LogP contribution in [0.15, 0.2) is 0 Å². The summed E-state index contributed by atoms with van der Waals surface area (Å²) in [5.74, 6) is -0.249. The lowest BCUT2D eigenvalue weighted by Crippen LogP contribution is -2.29. The molecule has 0 N–H and O–H groups in total. The molecule has 0 saturated heterocycles. The SMILES string of the molecule is CCOC(CC)C(C)OC(C)=O. The zero-order valence-electron chi connectivity index (χ0n) is 8.29. The highest BCUT2D eigenvalue weighted by molar-refractivity contribution is 5.66. The first kappa shape index (κ1) is 11.4. The van der Waals surface area contributed by atoms with Gasteiger partial charge in [-0.05, 0) is 20.3 Å². The van der Waals surface area contributed by atoms with Gasteiger partial charge in [0.25, 0.3) is 0 Å². The van der Waals surface area contributed by atoms with Crippen LogP contribution in [0.5, 0.6) is 0 Å². The van der Waals surface area contributed by atoms with Crippen LogP contribution in [-0.2, 0) is 14.3 Å². The second-order valence-electron chi connectivity index (χ2n) is 2.72. The molecule has 0 heterocycles. The number of esters is 1. The van der Waals surface area contributed by atoms with E-state index in [1.165, 1.54) is 6.92 Å². The molecule has 0 aromatic heterocycles. The molecule has 0 radical (unpaired) electrons. The lowest BCUT2D eigenvalue weighted by molar-refractivity contribution is -0.153. The Labute approximate surface area is 74.0 Å². The summed E-state index contributed by atoms with van der Waals surface area (Å²) in [5.41, 5.74) is 0. The first-order chi connectivity index (χ1) is 5.61. The molecule has 0 aromatic rings. The second-order valence-corrected chi connectivity index (χ2v) is 2.72. The predicted molar refractivity (Wildman–Crippen MR) is 46.9 cm³/mol. The average molecular weight is 174 g/mol. The average Bonchev–Trinajstić information content (AvgIpc) is 1.98. The summed E-state index contributed by atoms with van der Waals surface area (Å²) in [5, 5.41) is 0. The number of hydrogen-bond acceptors (Lipinski definition) is 3. The molecule has 72 valence electrons. The van der Waals surface area contributed by atoms with E-state index in [0.29, 0.717) is 6.61 Å². The van der Waals surface area contributed by atoms with Crippen LogP contribution < -0.4 is 0 Å². The maximum absolute atomic E-state index is 10.6. The minimum atomic E-state index is -0.249. The summed E-state index contributed by atoms with van der Waals surface area (Å²) in [6, 6.07) is 0. The zero-order valence-corrected chi connectivity index (χ0v) is 8.29. The van der Waals surface area contributed by atoms with Crippen LogP contribution in [0.3, 0.4) is 0 Å². The highest BCUT2D eigenvalue weighted by atomic mass is 16.6. The van der Waals surface area contributed by atoms with Crippen LogP contribution in [-0.4, -0.2) is 24.8 Å². The van der Waals surface area contributed by atoms with Gasteiger partial charge in [-0.25, -0.2) is 0 Å². The molecule has 0 saturated carbocycles. The number of rotatable bonds is 5. The van der Waals surface area contributed by atoms with Crippen molar-refractivity contribution in [2.75, 3.05) is 6.61 Å². The second kappa shape index (κ2) is 6.00. The Kier molecular flexibility index (Phi) is 5.72. The molecule has 0 aliphatic heterocycles. The van der Waals surface area contributed by atoms with Gasteiger partial charge in [-0.1, -0.05) is 6.92 Å². The van der Waals surface area contributed by atoms with Crippen molar-refractivity contribution in [3.05, 3.63) is 0 Å². The Morgan fingerprint density at radius 1 is 1.42 bits per heavy atom. The normalized spacial score (nSPS) is 15.3. The molecule has 0 rings (SSSR count). The van der Waals surface area contributed by atoms with Crippen LogP contribution in [0, 0.1) is 0 Å². The van der Waals surface area contributed by atoms with E-state index in [1.807, 2.05) is 20.8 Å². The summed E-state index contributed by atoms with van der Waals surface area (Å²) in [6.45, 7) is 7.87. The number of carbonyl (C=O) groups is 1. The molecule has 0 aliphatic carbocycles. The van der Waals surface area contributed by atoms with Gasteiger partial charge >= 0.3 is 5.97 Å². The number of ether oxygens (including phenoxy) is 2. The fraction of sp³-hybridized carbons (Fsp3) is 0.889. The van der Waals surface area contributed by atoms with E-state index < -0.39 is 0 Å². The van der Waals surface area contributed by atoms with Gasteiger partial charge in [0, 0.05) is 13.5 Å². The van der Waals surface area contributed by atoms with E-state index in [2.05, 4.69) is 0 Å². The molecule has 0 spiro atoms. The Bertz CT molecular complexity index is 134. The summed E-state index contributed by atoms with van der Waals surface area (Å²) in [7, 11) is 0. The van der Waals surface area contributed by atoms with Crippen molar-refractivity contribution in [1.82, 2.24) is 0 Å². The molecule has 0 aliphatic rings. The van der Waals surface area contributed by atoms with E-state index in [-0.39, 0.29) is 18.2 Å². The summed E-state index contributed by atoms with van der Waals surface area (Å²) < 4.78 is 10.4. The lowest BCUT2D eigenvalue weighted by Gasteiger charge is -2.21. The maximum atomic E-state index is 10.6. The molecule has 0 fully saturated rings. The molecule has 3 heteroatoms. The predicted octanol–water partition coefficient (Wildman–Crippen LogP) is 1.75. The fourth-order valence-corrected chi connectivity index (χ4v) is 1.14. The van der Waals surface area contributed by atoms with Crippen LogP contribution in [0.2, 0.25) is 0 Å². The van der Waals surface area contributed by atoms with Gasteiger partial charge in [0.1, 0.15) is 6.10 Å². The quantitative estimate of drug-likeness (QED) is 0.596. The number of hydrogen-bond donors (Lipinski definition) is 0. The third-order valence-corrected chi connectivity index (χ3v) is 1.66. The van der Waals surface area contributed by atoms with Crippen molar-refractivity contribution in [2.24, 2.45) is 0 Å². The third-order valence-electron chi connectivity index (χ3n) is 1.66. The van der Waals surface area contributed by atoms with Crippen LogP contribution >= 0.6 is 0 Å². The Balaban J connectivity index is 3.84. The molecule has 3 nitrogen and oxygen atoms in total. The zero-order chi connectivity index (χ0) is 9.56. The third kappa shape index (κ3) is 4.34. The Hall–Kier alpha value is -0.570. The van der Waals surface area contributed by atoms with E-state index in [9.17, 15) is 4.79 Å². The van der Waals surface area contributed by atoms with Gasteiger partial charge in [-0.15, -0.1) is 0 Å². The summed E-state index contributed by atoms with van der Waals surface area (Å²) in [4.78, 5) is 10.6. The molecule has 0 aromatic carbocycles. The van der Waals surface area contributed by atoms with Gasteiger partial charge in [-0.2, -0.15) is 0 Å². The van der Waals surface area contributed by atoms with Crippen molar-refractivity contribution in [3.8, 4) is 0 Å². The fourth-order valence-electron chi connectivity index (χ4n) is 1.14. The van der Waals surface area contributed by atoms with Gasteiger partial charge in [0.15, 0.2) is 0 Å². The van der Waals surface area contributed by atoms with E-state index in [4.69, 9.17) is 9.47 Å².